The van der Waals surface area contributed by atoms with E-state index in [1.54, 1.807) is 12.1 Å². The predicted octanol–water partition coefficient (Wildman–Crippen LogP) is 2.19. The van der Waals surface area contributed by atoms with Gasteiger partial charge in [0.2, 0.25) is 0 Å². The fourth-order valence-electron chi connectivity index (χ4n) is 2.84. The minimum absolute atomic E-state index is 0.198. The van der Waals surface area contributed by atoms with E-state index in [1.165, 1.54) is 19.3 Å². The second kappa shape index (κ2) is 9.88. The number of ether oxygens (including phenoxy) is 1. The average molecular weight is 348 g/mol. The molecule has 0 saturated carbocycles. The van der Waals surface area contributed by atoms with Crippen molar-refractivity contribution in [2.45, 2.75) is 39.2 Å². The summed E-state index contributed by atoms with van der Waals surface area (Å²) in [5, 5.41) is 6.60. The Labute approximate surface area is 149 Å². The van der Waals surface area contributed by atoms with Crippen LogP contribution in [0.2, 0.25) is 0 Å². The number of hydrogen-bond acceptors (Lipinski definition) is 5. The third-order valence-electron chi connectivity index (χ3n) is 4.14. The normalized spacial score (nSPS) is 18.6. The number of carbonyl (C=O) groups is 1. The van der Waals surface area contributed by atoms with Gasteiger partial charge in [-0.2, -0.15) is 0 Å². The number of amidine groups is 1. The van der Waals surface area contributed by atoms with Gasteiger partial charge in [-0.05, 0) is 45.4 Å². The number of oxime groups is 1. The Bertz CT molecular complexity index is 591. The lowest BCUT2D eigenvalue weighted by atomic mass is 10.0. The van der Waals surface area contributed by atoms with Crippen molar-refractivity contribution in [3.8, 4) is 5.75 Å². The van der Waals surface area contributed by atoms with Crippen LogP contribution < -0.4 is 15.8 Å². The molecule has 0 aliphatic carbocycles. The molecule has 0 bridgehead atoms. The second-order valence-corrected chi connectivity index (χ2v) is 6.15. The van der Waals surface area contributed by atoms with Crippen LogP contribution in [0.1, 0.15) is 33.1 Å². The van der Waals surface area contributed by atoms with Crippen molar-refractivity contribution in [2.24, 2.45) is 10.9 Å². The molecule has 0 spiro atoms. The summed E-state index contributed by atoms with van der Waals surface area (Å²) >= 11 is 0. The molecule has 7 heteroatoms. The highest BCUT2D eigenvalue weighted by Crippen LogP contribution is 2.23. The van der Waals surface area contributed by atoms with Crippen LogP contribution in [0.5, 0.6) is 5.75 Å². The van der Waals surface area contributed by atoms with Crippen LogP contribution in [0.3, 0.4) is 0 Å². The number of rotatable bonds is 8. The van der Waals surface area contributed by atoms with Crippen molar-refractivity contribution >= 4 is 17.4 Å². The molecule has 7 nitrogen and oxygen atoms in total. The molecule has 1 heterocycles. The van der Waals surface area contributed by atoms with Crippen molar-refractivity contribution in [3.63, 3.8) is 0 Å². The average Bonchev–Trinajstić information content (AvgIpc) is 2.59. The lowest BCUT2D eigenvalue weighted by molar-refractivity contribution is -0.120. The van der Waals surface area contributed by atoms with Crippen LogP contribution in [-0.2, 0) is 9.63 Å². The number of nitrogens with two attached hydrogens (primary N) is 1. The summed E-state index contributed by atoms with van der Waals surface area (Å²) in [7, 11) is 0. The zero-order valence-corrected chi connectivity index (χ0v) is 15.0. The summed E-state index contributed by atoms with van der Waals surface area (Å²) in [6.07, 6.45) is 3.62. The molecule has 1 aliphatic rings. The molecule has 2 rings (SSSR count). The fraction of sp³-hybridized carbons (Fsp3) is 0.556. The molecular formula is C18H28N4O3. The molecule has 1 unspecified atom stereocenters. The van der Waals surface area contributed by atoms with Gasteiger partial charge in [0.25, 0.3) is 5.91 Å². The Hall–Kier alpha value is -2.28. The van der Waals surface area contributed by atoms with Crippen molar-refractivity contribution < 1.29 is 14.4 Å². The van der Waals surface area contributed by atoms with Gasteiger partial charge in [-0.1, -0.05) is 23.7 Å². The van der Waals surface area contributed by atoms with E-state index < -0.39 is 0 Å². The maximum absolute atomic E-state index is 12.0. The number of nitrogens with zero attached hydrogens (tertiary/aromatic N) is 2. The van der Waals surface area contributed by atoms with E-state index in [-0.39, 0.29) is 12.5 Å². The minimum atomic E-state index is -0.310. The third-order valence-corrected chi connectivity index (χ3v) is 4.14. The number of para-hydroxylation sites is 2. The fourth-order valence-corrected chi connectivity index (χ4v) is 2.84. The van der Waals surface area contributed by atoms with Crippen LogP contribution in [0, 0.1) is 0 Å². The topological polar surface area (TPSA) is 89.2 Å². The predicted molar refractivity (Wildman–Crippen MR) is 98.7 cm³/mol. The van der Waals surface area contributed by atoms with E-state index in [9.17, 15) is 4.79 Å². The van der Waals surface area contributed by atoms with Crippen LogP contribution in [0.15, 0.2) is 29.4 Å². The Kier molecular flexibility index (Phi) is 7.53. The number of benzene rings is 1. The summed E-state index contributed by atoms with van der Waals surface area (Å²) in [5.74, 6) is 0.701. The number of hydrogen-bond donors (Lipinski definition) is 2. The maximum Gasteiger partial charge on any atom is 0.265 e. The zero-order valence-electron chi connectivity index (χ0n) is 15.0. The number of amides is 1. The molecule has 1 saturated heterocycles. The Balaban J connectivity index is 1.77. The molecule has 1 amide bonds. The quantitative estimate of drug-likeness (QED) is 0.427. The van der Waals surface area contributed by atoms with E-state index in [2.05, 4.69) is 22.3 Å². The lowest BCUT2D eigenvalue weighted by Crippen LogP contribution is -2.42. The van der Waals surface area contributed by atoms with Crippen LogP contribution in [0.25, 0.3) is 0 Å². The summed E-state index contributed by atoms with van der Waals surface area (Å²) in [6.45, 7) is 6.00. The molecule has 1 atom stereocenters. The maximum atomic E-state index is 12.0. The third kappa shape index (κ3) is 6.26. The van der Waals surface area contributed by atoms with Gasteiger partial charge in [0, 0.05) is 6.04 Å². The highest BCUT2D eigenvalue weighted by atomic mass is 16.6. The highest BCUT2D eigenvalue weighted by molar-refractivity contribution is 5.93. The van der Waals surface area contributed by atoms with Gasteiger partial charge in [0.05, 0.1) is 18.8 Å². The first-order valence-electron chi connectivity index (χ1n) is 8.80. The molecule has 0 radical (unpaired) electrons. The van der Waals surface area contributed by atoms with Gasteiger partial charge in [0.1, 0.15) is 5.75 Å². The first-order chi connectivity index (χ1) is 12.1. The molecule has 1 fully saturated rings. The van der Waals surface area contributed by atoms with E-state index >= 15 is 0 Å². The molecule has 1 aliphatic heterocycles. The van der Waals surface area contributed by atoms with E-state index in [4.69, 9.17) is 15.3 Å². The van der Waals surface area contributed by atoms with Crippen molar-refractivity contribution in [2.75, 3.05) is 31.6 Å². The van der Waals surface area contributed by atoms with Crippen LogP contribution >= 0.6 is 0 Å². The van der Waals surface area contributed by atoms with Gasteiger partial charge < -0.3 is 20.6 Å². The summed E-state index contributed by atoms with van der Waals surface area (Å²) < 4.78 is 5.47. The first kappa shape index (κ1) is 19.1. The number of anilines is 1. The van der Waals surface area contributed by atoms with Gasteiger partial charge >= 0.3 is 0 Å². The van der Waals surface area contributed by atoms with Crippen LogP contribution in [0.4, 0.5) is 5.69 Å². The minimum Gasteiger partial charge on any atom is -0.492 e. The van der Waals surface area contributed by atoms with Crippen molar-refractivity contribution in [3.05, 3.63) is 24.3 Å². The molecular weight excluding hydrogens is 320 g/mol. The first-order valence-corrected chi connectivity index (χ1v) is 8.80. The Morgan fingerprint density at radius 3 is 2.96 bits per heavy atom. The summed E-state index contributed by atoms with van der Waals surface area (Å²) in [5.41, 5.74) is 6.51. The molecule has 1 aromatic carbocycles. The zero-order chi connectivity index (χ0) is 18.1. The number of piperidine rings is 1. The smallest absolute Gasteiger partial charge is 0.265 e. The van der Waals surface area contributed by atoms with Crippen molar-refractivity contribution in [1.29, 1.82) is 0 Å². The van der Waals surface area contributed by atoms with Crippen LogP contribution in [-0.4, -0.2) is 49.0 Å². The Morgan fingerprint density at radius 1 is 1.40 bits per heavy atom. The van der Waals surface area contributed by atoms with Gasteiger partial charge in [0.15, 0.2) is 12.4 Å². The number of nitrogens with one attached hydrogen (secondary N) is 1. The summed E-state index contributed by atoms with van der Waals surface area (Å²) in [4.78, 5) is 19.4. The molecule has 1 aromatic rings. The van der Waals surface area contributed by atoms with Crippen molar-refractivity contribution in [1.82, 2.24) is 4.90 Å². The summed E-state index contributed by atoms with van der Waals surface area (Å²) in [6, 6.07) is 7.76. The monoisotopic (exact) mass is 348 g/mol. The number of likely N-dealkylation sites (tertiary alicyclic amines) is 1. The standard InChI is InChI=1S/C18H28N4O3/c1-3-24-16-10-5-4-9-15(16)20-18(23)13-25-21-17(19)12-22-11-7-6-8-14(22)2/h4-5,9-10,14H,3,6-8,11-13H2,1-2H3,(H2,19,21)(H,20,23). The van der Waals surface area contributed by atoms with Gasteiger partial charge in [-0.15, -0.1) is 0 Å². The largest absolute Gasteiger partial charge is 0.492 e. The molecule has 25 heavy (non-hydrogen) atoms. The van der Waals surface area contributed by atoms with E-state index in [0.717, 1.165) is 6.54 Å². The molecule has 3 N–H and O–H groups in total. The van der Waals surface area contributed by atoms with E-state index in [1.807, 2.05) is 19.1 Å². The number of carbonyl (C=O) groups excluding carboxylic acids is 1. The lowest BCUT2D eigenvalue weighted by Gasteiger charge is -2.32. The van der Waals surface area contributed by atoms with E-state index in [0.29, 0.717) is 36.5 Å². The van der Waals surface area contributed by atoms with Gasteiger partial charge in [-0.3, -0.25) is 9.69 Å². The molecule has 138 valence electrons. The molecule has 0 aromatic heterocycles. The van der Waals surface area contributed by atoms with Gasteiger partial charge in [-0.25, -0.2) is 0 Å². The highest BCUT2D eigenvalue weighted by Gasteiger charge is 2.19. The Morgan fingerprint density at radius 2 is 2.20 bits per heavy atom. The second-order valence-electron chi connectivity index (χ2n) is 6.15. The SMILES string of the molecule is CCOc1ccccc1NC(=O)CON=C(N)CN1CCCCC1C.